The number of hydrogen-bond donors (Lipinski definition) is 3. The van der Waals surface area contributed by atoms with Crippen molar-refractivity contribution in [3.05, 3.63) is 44.8 Å². The maximum atomic E-state index is 13.1. The van der Waals surface area contributed by atoms with Crippen LogP contribution in [0.2, 0.25) is 0 Å². The van der Waals surface area contributed by atoms with Crippen LogP contribution >= 0.6 is 35.1 Å². The van der Waals surface area contributed by atoms with Crippen LogP contribution in [0.15, 0.2) is 35.0 Å². The molecule has 27 heavy (non-hydrogen) atoms. The van der Waals surface area contributed by atoms with Crippen molar-refractivity contribution in [3.8, 4) is 0 Å². The van der Waals surface area contributed by atoms with Gasteiger partial charge in [-0.05, 0) is 49.2 Å². The summed E-state index contributed by atoms with van der Waals surface area (Å²) in [5.41, 5.74) is 0. The van der Waals surface area contributed by atoms with Crippen molar-refractivity contribution < 1.29 is 14.7 Å². The Morgan fingerprint density at radius 2 is 1.70 bits per heavy atom. The summed E-state index contributed by atoms with van der Waals surface area (Å²) in [6.45, 7) is 1.62. The number of nitrogens with zero attached hydrogens (tertiary/aromatic N) is 1. The lowest BCUT2D eigenvalue weighted by Crippen LogP contribution is -2.44. The van der Waals surface area contributed by atoms with Gasteiger partial charge in [0.25, 0.3) is 0 Å². The van der Waals surface area contributed by atoms with Gasteiger partial charge in [-0.15, -0.1) is 35.1 Å². The molecule has 0 unspecified atom stereocenters. The van der Waals surface area contributed by atoms with Gasteiger partial charge in [-0.3, -0.25) is 4.79 Å². The number of likely N-dealkylation sites (N-methyl/N-ethyl adjacent to an activating group) is 1. The molecule has 0 fully saturated rings. The predicted octanol–water partition coefficient (Wildman–Crippen LogP) is 3.79. The first kappa shape index (κ1) is 23.4. The van der Waals surface area contributed by atoms with E-state index in [1.54, 1.807) is 29.7 Å². The van der Waals surface area contributed by atoms with E-state index in [9.17, 15) is 9.59 Å². The molecule has 2 aromatic rings. The van der Waals surface area contributed by atoms with E-state index < -0.39 is 6.09 Å². The number of carbonyl (C=O) groups excluding carboxylic acids is 1. The average Bonchev–Trinajstić information content (AvgIpc) is 3.30. The SMILES string of the molecule is CN[C@@H](CCCCNC(=O)O)C(=O)N(Cc1cccs1)Cc1cccs1.Cl. The van der Waals surface area contributed by atoms with Crippen LogP contribution in [0.5, 0.6) is 0 Å². The predicted molar refractivity (Wildman–Crippen MR) is 113 cm³/mol. The molecule has 0 radical (unpaired) electrons. The van der Waals surface area contributed by atoms with E-state index >= 15 is 0 Å². The quantitative estimate of drug-likeness (QED) is 0.473. The van der Waals surface area contributed by atoms with Crippen LogP contribution in [0.3, 0.4) is 0 Å². The molecular weight excluding hydrogens is 406 g/mol. The minimum absolute atomic E-state index is 0. The van der Waals surface area contributed by atoms with Gasteiger partial charge in [0.15, 0.2) is 0 Å². The third-order valence-corrected chi connectivity index (χ3v) is 5.73. The third-order valence-electron chi connectivity index (χ3n) is 4.01. The molecule has 0 saturated heterocycles. The zero-order valence-corrected chi connectivity index (χ0v) is 17.7. The van der Waals surface area contributed by atoms with E-state index in [-0.39, 0.29) is 24.4 Å². The zero-order valence-electron chi connectivity index (χ0n) is 15.2. The Labute approximate surface area is 174 Å². The number of hydrogen-bond acceptors (Lipinski definition) is 5. The summed E-state index contributed by atoms with van der Waals surface area (Å²) in [6.07, 6.45) is 1.17. The highest BCUT2D eigenvalue weighted by Crippen LogP contribution is 2.19. The number of rotatable bonds is 11. The van der Waals surface area contributed by atoms with E-state index in [1.807, 2.05) is 39.9 Å². The first-order valence-corrected chi connectivity index (χ1v) is 10.3. The molecule has 0 bridgehead atoms. The van der Waals surface area contributed by atoms with Gasteiger partial charge < -0.3 is 20.6 Å². The molecule has 9 heteroatoms. The summed E-state index contributed by atoms with van der Waals surface area (Å²) in [7, 11) is 1.80. The Morgan fingerprint density at radius 1 is 1.11 bits per heavy atom. The molecule has 2 amide bonds. The Hall–Kier alpha value is -1.61. The van der Waals surface area contributed by atoms with Crippen molar-refractivity contribution in [2.45, 2.75) is 38.4 Å². The summed E-state index contributed by atoms with van der Waals surface area (Å²) in [6, 6.07) is 7.83. The second-order valence-corrected chi connectivity index (χ2v) is 7.99. The normalized spacial score (nSPS) is 11.4. The maximum absolute atomic E-state index is 13.1. The van der Waals surface area contributed by atoms with E-state index in [0.717, 1.165) is 16.2 Å². The van der Waals surface area contributed by atoms with Gasteiger partial charge in [-0.2, -0.15) is 0 Å². The van der Waals surface area contributed by atoms with Crippen LogP contribution in [0.4, 0.5) is 4.79 Å². The molecule has 0 saturated carbocycles. The van der Waals surface area contributed by atoms with Crippen molar-refractivity contribution in [3.63, 3.8) is 0 Å². The van der Waals surface area contributed by atoms with Crippen LogP contribution in [0.25, 0.3) is 0 Å². The number of amides is 2. The number of halogens is 1. The second-order valence-electron chi connectivity index (χ2n) is 5.92. The second kappa shape index (κ2) is 12.7. The monoisotopic (exact) mass is 431 g/mol. The fourth-order valence-electron chi connectivity index (χ4n) is 2.67. The molecule has 1 atom stereocenters. The molecule has 2 rings (SSSR count). The van der Waals surface area contributed by atoms with Crippen LogP contribution in [0, 0.1) is 0 Å². The largest absolute Gasteiger partial charge is 0.465 e. The highest BCUT2D eigenvalue weighted by molar-refractivity contribution is 7.10. The van der Waals surface area contributed by atoms with E-state index in [4.69, 9.17) is 5.11 Å². The maximum Gasteiger partial charge on any atom is 0.404 e. The molecule has 6 nitrogen and oxygen atoms in total. The lowest BCUT2D eigenvalue weighted by Gasteiger charge is -2.26. The van der Waals surface area contributed by atoms with Gasteiger partial charge in [0.1, 0.15) is 0 Å². The zero-order chi connectivity index (χ0) is 18.8. The van der Waals surface area contributed by atoms with Gasteiger partial charge in [-0.25, -0.2) is 4.79 Å². The minimum atomic E-state index is -1.01. The summed E-state index contributed by atoms with van der Waals surface area (Å²) in [5.74, 6) is 0.0838. The number of unbranched alkanes of at least 4 members (excludes halogenated alkanes) is 1. The van der Waals surface area contributed by atoms with Gasteiger partial charge in [0.05, 0.1) is 19.1 Å². The standard InChI is InChI=1S/C18H25N3O3S2.ClH/c1-19-16(8-2-3-9-20-18(23)24)17(22)21(12-14-6-4-10-25-14)13-15-7-5-11-26-15;/h4-7,10-11,16,19-20H,2-3,8-9,12-13H2,1H3,(H,23,24);1H/t16-;/m0./s1. The molecule has 2 heterocycles. The van der Waals surface area contributed by atoms with E-state index in [0.29, 0.717) is 32.5 Å². The van der Waals surface area contributed by atoms with Gasteiger partial charge in [0, 0.05) is 16.3 Å². The lowest BCUT2D eigenvalue weighted by molar-refractivity contribution is -0.134. The molecule has 2 aromatic heterocycles. The highest BCUT2D eigenvalue weighted by atomic mass is 35.5. The number of carbonyl (C=O) groups is 2. The van der Waals surface area contributed by atoms with Crippen molar-refractivity contribution >= 4 is 47.1 Å². The summed E-state index contributed by atoms with van der Waals surface area (Å²) in [5, 5.41) is 18.1. The molecule has 0 spiro atoms. The van der Waals surface area contributed by atoms with E-state index in [1.165, 1.54) is 0 Å². The summed E-state index contributed by atoms with van der Waals surface area (Å²) < 4.78 is 0. The van der Waals surface area contributed by atoms with Crippen molar-refractivity contribution in [2.75, 3.05) is 13.6 Å². The Balaban J connectivity index is 0.00000364. The Morgan fingerprint density at radius 3 is 2.15 bits per heavy atom. The molecule has 3 N–H and O–H groups in total. The van der Waals surface area contributed by atoms with Crippen molar-refractivity contribution in [1.82, 2.24) is 15.5 Å². The number of carboxylic acid groups (broad SMARTS) is 1. The first-order chi connectivity index (χ1) is 12.6. The van der Waals surface area contributed by atoms with Crippen LogP contribution < -0.4 is 10.6 Å². The molecular formula is C18H26ClN3O3S2. The van der Waals surface area contributed by atoms with Crippen LogP contribution in [-0.4, -0.2) is 41.6 Å². The first-order valence-electron chi connectivity index (χ1n) is 8.57. The van der Waals surface area contributed by atoms with Crippen LogP contribution in [-0.2, 0) is 17.9 Å². The highest BCUT2D eigenvalue weighted by Gasteiger charge is 2.23. The Bertz CT molecular complexity index is 629. The molecule has 0 aliphatic rings. The van der Waals surface area contributed by atoms with Crippen molar-refractivity contribution in [2.24, 2.45) is 0 Å². The summed E-state index contributed by atoms with van der Waals surface area (Å²) in [4.78, 5) is 27.8. The molecule has 150 valence electrons. The molecule has 0 aromatic carbocycles. The van der Waals surface area contributed by atoms with Gasteiger partial charge in [-0.1, -0.05) is 12.1 Å². The molecule has 0 aliphatic carbocycles. The lowest BCUT2D eigenvalue weighted by atomic mass is 10.1. The minimum Gasteiger partial charge on any atom is -0.465 e. The summed E-state index contributed by atoms with van der Waals surface area (Å²) >= 11 is 3.31. The van der Waals surface area contributed by atoms with Gasteiger partial charge >= 0.3 is 6.09 Å². The third kappa shape index (κ3) is 8.30. The van der Waals surface area contributed by atoms with Crippen LogP contribution in [0.1, 0.15) is 29.0 Å². The van der Waals surface area contributed by atoms with Gasteiger partial charge in [0.2, 0.25) is 5.91 Å². The average molecular weight is 432 g/mol. The number of nitrogens with one attached hydrogen (secondary N) is 2. The Kier molecular flexibility index (Phi) is 11.0. The fourth-order valence-corrected chi connectivity index (χ4v) is 4.11. The molecule has 0 aliphatic heterocycles. The van der Waals surface area contributed by atoms with Crippen molar-refractivity contribution in [1.29, 1.82) is 0 Å². The van der Waals surface area contributed by atoms with E-state index in [2.05, 4.69) is 10.6 Å². The smallest absolute Gasteiger partial charge is 0.404 e. The topological polar surface area (TPSA) is 81.7 Å². The fraction of sp³-hybridized carbons (Fsp3) is 0.444. The number of thiophene rings is 2.